The Morgan fingerprint density at radius 3 is 2.61 bits per heavy atom. The molecule has 6 heteroatoms. The zero-order chi connectivity index (χ0) is 19.9. The molecule has 1 heterocycles. The Labute approximate surface area is 165 Å². The number of carbonyl (C=O) groups excluding carboxylic acids is 1. The first-order chi connectivity index (χ1) is 13.6. The van der Waals surface area contributed by atoms with Crippen molar-refractivity contribution in [2.45, 2.75) is 20.3 Å². The van der Waals surface area contributed by atoms with Crippen LogP contribution in [0.4, 0.5) is 11.5 Å². The molecule has 0 aliphatic heterocycles. The maximum absolute atomic E-state index is 12.5. The Hall–Kier alpha value is -3.41. The molecule has 0 atom stereocenters. The highest BCUT2D eigenvalue weighted by molar-refractivity contribution is 6.03. The van der Waals surface area contributed by atoms with Crippen LogP contribution in [0.3, 0.4) is 0 Å². The van der Waals surface area contributed by atoms with Crippen molar-refractivity contribution in [1.82, 2.24) is 9.97 Å². The van der Waals surface area contributed by atoms with Gasteiger partial charge in [0.15, 0.2) is 0 Å². The number of hydrogen-bond acceptors (Lipinski definition) is 5. The summed E-state index contributed by atoms with van der Waals surface area (Å²) < 4.78 is 5.16. The zero-order valence-corrected chi connectivity index (χ0v) is 16.3. The summed E-state index contributed by atoms with van der Waals surface area (Å²) in [6.45, 7) is 4.69. The number of anilines is 2. The van der Waals surface area contributed by atoms with Crippen LogP contribution in [0.25, 0.3) is 0 Å². The highest BCUT2D eigenvalue weighted by Gasteiger charge is 2.11. The topological polar surface area (TPSA) is 76.1 Å². The van der Waals surface area contributed by atoms with Crippen molar-refractivity contribution >= 4 is 17.4 Å². The predicted molar refractivity (Wildman–Crippen MR) is 111 cm³/mol. The molecule has 2 aromatic carbocycles. The number of ether oxygens (including phenoxy) is 1. The first-order valence-corrected chi connectivity index (χ1v) is 9.13. The number of aromatic nitrogens is 2. The zero-order valence-electron chi connectivity index (χ0n) is 16.3. The number of benzene rings is 2. The fraction of sp³-hybridized carbons (Fsp3) is 0.227. The third-order valence-corrected chi connectivity index (χ3v) is 4.63. The number of nitrogens with zero attached hydrogens (tertiary/aromatic N) is 2. The van der Waals surface area contributed by atoms with Gasteiger partial charge in [0.2, 0.25) is 0 Å². The van der Waals surface area contributed by atoms with Crippen LogP contribution in [-0.2, 0) is 6.42 Å². The van der Waals surface area contributed by atoms with Gasteiger partial charge < -0.3 is 15.4 Å². The van der Waals surface area contributed by atoms with Crippen molar-refractivity contribution < 1.29 is 9.53 Å². The molecule has 0 spiro atoms. The van der Waals surface area contributed by atoms with Gasteiger partial charge in [0.05, 0.1) is 7.11 Å². The SMILES string of the molecule is COc1ccc(CCNc2cc(C(=O)Nc3cccc(C)c3C)ncn2)cc1. The number of rotatable bonds is 7. The lowest BCUT2D eigenvalue weighted by Crippen LogP contribution is -2.16. The lowest BCUT2D eigenvalue weighted by Gasteiger charge is -2.11. The Morgan fingerprint density at radius 2 is 1.86 bits per heavy atom. The van der Waals surface area contributed by atoms with Crippen LogP contribution >= 0.6 is 0 Å². The minimum atomic E-state index is -0.255. The summed E-state index contributed by atoms with van der Waals surface area (Å²) >= 11 is 0. The lowest BCUT2D eigenvalue weighted by atomic mass is 10.1. The van der Waals surface area contributed by atoms with Crippen molar-refractivity contribution in [3.05, 3.63) is 77.2 Å². The standard InChI is InChI=1S/C22H24N4O2/c1-15-5-4-6-19(16(15)2)26-22(27)20-13-21(25-14-24-20)23-12-11-17-7-9-18(28-3)10-8-17/h4-10,13-14H,11-12H2,1-3H3,(H,26,27)(H,23,24,25). The summed E-state index contributed by atoms with van der Waals surface area (Å²) in [5.74, 6) is 1.20. The number of methoxy groups -OCH3 is 1. The van der Waals surface area contributed by atoms with Gasteiger partial charge in [-0.25, -0.2) is 9.97 Å². The van der Waals surface area contributed by atoms with Crippen molar-refractivity contribution in [2.24, 2.45) is 0 Å². The van der Waals surface area contributed by atoms with Crippen LogP contribution in [0.5, 0.6) is 5.75 Å². The van der Waals surface area contributed by atoms with Gasteiger partial charge in [-0.2, -0.15) is 0 Å². The maximum Gasteiger partial charge on any atom is 0.274 e. The van der Waals surface area contributed by atoms with E-state index in [1.165, 1.54) is 11.9 Å². The van der Waals surface area contributed by atoms with E-state index in [1.54, 1.807) is 13.2 Å². The second kappa shape index (κ2) is 8.99. The predicted octanol–water partition coefficient (Wildman–Crippen LogP) is 4.01. The van der Waals surface area contributed by atoms with Gasteiger partial charge in [-0.1, -0.05) is 24.3 Å². The largest absolute Gasteiger partial charge is 0.497 e. The molecule has 6 nitrogen and oxygen atoms in total. The molecule has 3 aromatic rings. The fourth-order valence-corrected chi connectivity index (χ4v) is 2.78. The van der Waals surface area contributed by atoms with Crippen LogP contribution in [0.2, 0.25) is 0 Å². The second-order valence-electron chi connectivity index (χ2n) is 6.51. The number of carbonyl (C=O) groups is 1. The normalized spacial score (nSPS) is 10.4. The third kappa shape index (κ3) is 4.85. The first-order valence-electron chi connectivity index (χ1n) is 9.13. The van der Waals surface area contributed by atoms with Gasteiger partial charge in [-0.15, -0.1) is 0 Å². The minimum Gasteiger partial charge on any atom is -0.497 e. The summed E-state index contributed by atoms with van der Waals surface area (Å²) in [5.41, 5.74) is 4.47. The minimum absolute atomic E-state index is 0.255. The molecule has 144 valence electrons. The Balaban J connectivity index is 1.59. The summed E-state index contributed by atoms with van der Waals surface area (Å²) in [6, 6.07) is 15.4. The van der Waals surface area contributed by atoms with Crippen molar-refractivity contribution in [2.75, 3.05) is 24.3 Å². The number of aryl methyl sites for hydroxylation is 1. The summed E-state index contributed by atoms with van der Waals surface area (Å²) in [6.07, 6.45) is 2.23. The molecule has 0 bridgehead atoms. The highest BCUT2D eigenvalue weighted by atomic mass is 16.5. The van der Waals surface area contributed by atoms with Crippen LogP contribution in [0.15, 0.2) is 54.9 Å². The van der Waals surface area contributed by atoms with E-state index in [-0.39, 0.29) is 5.91 Å². The smallest absolute Gasteiger partial charge is 0.274 e. The van der Waals surface area contributed by atoms with E-state index in [0.717, 1.165) is 29.0 Å². The molecule has 1 aromatic heterocycles. The number of amides is 1. The molecule has 28 heavy (non-hydrogen) atoms. The number of hydrogen-bond donors (Lipinski definition) is 2. The summed E-state index contributed by atoms with van der Waals surface area (Å²) in [4.78, 5) is 20.8. The molecule has 0 fully saturated rings. The molecule has 1 amide bonds. The van der Waals surface area contributed by atoms with Gasteiger partial charge in [-0.05, 0) is 55.2 Å². The first kappa shape index (κ1) is 19.4. The van der Waals surface area contributed by atoms with E-state index in [1.807, 2.05) is 56.3 Å². The highest BCUT2D eigenvalue weighted by Crippen LogP contribution is 2.19. The van der Waals surface area contributed by atoms with E-state index in [2.05, 4.69) is 20.6 Å². The monoisotopic (exact) mass is 376 g/mol. The van der Waals surface area contributed by atoms with E-state index >= 15 is 0 Å². The fourth-order valence-electron chi connectivity index (χ4n) is 2.78. The van der Waals surface area contributed by atoms with Crippen LogP contribution < -0.4 is 15.4 Å². The van der Waals surface area contributed by atoms with E-state index in [0.29, 0.717) is 18.1 Å². The Bertz CT molecular complexity index is 955. The van der Waals surface area contributed by atoms with Crippen molar-refractivity contribution in [1.29, 1.82) is 0 Å². The summed E-state index contributed by atoms with van der Waals surface area (Å²) in [7, 11) is 1.65. The van der Waals surface area contributed by atoms with Crippen LogP contribution in [0.1, 0.15) is 27.2 Å². The molecule has 0 unspecified atom stereocenters. The van der Waals surface area contributed by atoms with Crippen molar-refractivity contribution in [3.8, 4) is 5.75 Å². The quantitative estimate of drug-likeness (QED) is 0.652. The lowest BCUT2D eigenvalue weighted by molar-refractivity contribution is 0.102. The molecular formula is C22H24N4O2. The molecule has 0 aliphatic carbocycles. The Morgan fingerprint density at radius 1 is 1.07 bits per heavy atom. The van der Waals surface area contributed by atoms with Gasteiger partial charge >= 0.3 is 0 Å². The molecule has 2 N–H and O–H groups in total. The number of nitrogens with one attached hydrogen (secondary N) is 2. The van der Waals surface area contributed by atoms with E-state index in [4.69, 9.17) is 4.74 Å². The van der Waals surface area contributed by atoms with Gasteiger partial charge in [0, 0.05) is 18.3 Å². The molecule has 0 radical (unpaired) electrons. The average molecular weight is 376 g/mol. The maximum atomic E-state index is 12.5. The van der Waals surface area contributed by atoms with E-state index < -0.39 is 0 Å². The van der Waals surface area contributed by atoms with Crippen LogP contribution in [0, 0.1) is 13.8 Å². The summed E-state index contributed by atoms with van der Waals surface area (Å²) in [5, 5.41) is 6.16. The molecular weight excluding hydrogens is 352 g/mol. The molecule has 0 saturated carbocycles. The Kier molecular flexibility index (Phi) is 6.22. The van der Waals surface area contributed by atoms with E-state index in [9.17, 15) is 4.79 Å². The molecule has 3 rings (SSSR count). The second-order valence-corrected chi connectivity index (χ2v) is 6.51. The average Bonchev–Trinajstić information content (AvgIpc) is 2.72. The third-order valence-electron chi connectivity index (χ3n) is 4.63. The van der Waals surface area contributed by atoms with Gasteiger partial charge in [-0.3, -0.25) is 4.79 Å². The molecule has 0 aliphatic rings. The molecule has 0 saturated heterocycles. The van der Waals surface area contributed by atoms with Crippen LogP contribution in [-0.4, -0.2) is 29.5 Å². The van der Waals surface area contributed by atoms with Gasteiger partial charge in [0.25, 0.3) is 5.91 Å². The van der Waals surface area contributed by atoms with Crippen molar-refractivity contribution in [3.63, 3.8) is 0 Å². The van der Waals surface area contributed by atoms with Gasteiger partial charge in [0.1, 0.15) is 23.6 Å².